The van der Waals surface area contributed by atoms with Gasteiger partial charge in [0.2, 0.25) is 11.8 Å². The monoisotopic (exact) mass is 455 g/mol. The lowest BCUT2D eigenvalue weighted by Crippen LogP contribution is -2.14. The Labute approximate surface area is 186 Å². The van der Waals surface area contributed by atoms with Crippen molar-refractivity contribution in [3.05, 3.63) is 71.7 Å². The van der Waals surface area contributed by atoms with E-state index in [1.165, 1.54) is 36.3 Å². The third kappa shape index (κ3) is 5.31. The Morgan fingerprint density at radius 3 is 2.81 bits per heavy atom. The summed E-state index contributed by atoms with van der Waals surface area (Å²) < 4.78 is 24.3. The standard InChI is InChI=1S/C22H18FN3O3S2/c1-28-19-8-7-15(9-17(19)23)18-12-31-22(25-18)26-20(27)13-30-11-16-10-29-21(24-16)14-5-3-2-4-6-14/h2-10,12H,11,13H2,1H3,(H,25,26,27). The average molecular weight is 456 g/mol. The molecule has 2 aromatic carbocycles. The van der Waals surface area contributed by atoms with E-state index in [0.29, 0.717) is 28.0 Å². The van der Waals surface area contributed by atoms with Crippen LogP contribution in [-0.4, -0.2) is 28.7 Å². The summed E-state index contributed by atoms with van der Waals surface area (Å²) in [5, 5.41) is 5.00. The molecule has 9 heteroatoms. The van der Waals surface area contributed by atoms with Gasteiger partial charge < -0.3 is 14.5 Å². The highest BCUT2D eigenvalue weighted by Gasteiger charge is 2.12. The summed E-state index contributed by atoms with van der Waals surface area (Å²) in [5.41, 5.74) is 2.89. The average Bonchev–Trinajstić information content (AvgIpc) is 3.44. The second-order valence-electron chi connectivity index (χ2n) is 6.44. The van der Waals surface area contributed by atoms with Gasteiger partial charge in [-0.15, -0.1) is 23.1 Å². The number of hydrogen-bond acceptors (Lipinski definition) is 7. The fourth-order valence-electron chi connectivity index (χ4n) is 2.78. The zero-order valence-corrected chi connectivity index (χ0v) is 18.1. The van der Waals surface area contributed by atoms with Crippen LogP contribution >= 0.6 is 23.1 Å². The number of hydrogen-bond donors (Lipinski definition) is 1. The van der Waals surface area contributed by atoms with Crippen LogP contribution in [0.5, 0.6) is 5.75 Å². The summed E-state index contributed by atoms with van der Waals surface area (Å²) >= 11 is 2.72. The molecule has 158 valence electrons. The number of methoxy groups -OCH3 is 1. The van der Waals surface area contributed by atoms with Crippen LogP contribution in [0.2, 0.25) is 0 Å². The van der Waals surface area contributed by atoms with Crippen LogP contribution in [0.4, 0.5) is 9.52 Å². The lowest BCUT2D eigenvalue weighted by Gasteiger charge is -2.03. The number of rotatable bonds is 8. The van der Waals surface area contributed by atoms with E-state index < -0.39 is 5.82 Å². The number of aromatic nitrogens is 2. The summed E-state index contributed by atoms with van der Waals surface area (Å²) in [6, 6.07) is 14.3. The van der Waals surface area contributed by atoms with Crippen molar-refractivity contribution in [3.8, 4) is 28.5 Å². The molecule has 6 nitrogen and oxygen atoms in total. The van der Waals surface area contributed by atoms with Crippen molar-refractivity contribution in [2.45, 2.75) is 5.75 Å². The molecule has 0 atom stereocenters. The van der Waals surface area contributed by atoms with Gasteiger partial charge in [-0.3, -0.25) is 4.79 Å². The third-order valence-electron chi connectivity index (χ3n) is 4.25. The van der Waals surface area contributed by atoms with Gasteiger partial charge in [0.1, 0.15) is 6.26 Å². The molecule has 2 aromatic heterocycles. The van der Waals surface area contributed by atoms with Crippen molar-refractivity contribution in [3.63, 3.8) is 0 Å². The summed E-state index contributed by atoms with van der Waals surface area (Å²) in [6.07, 6.45) is 1.61. The van der Waals surface area contributed by atoms with Gasteiger partial charge in [0.15, 0.2) is 16.7 Å². The van der Waals surface area contributed by atoms with E-state index in [2.05, 4.69) is 15.3 Å². The smallest absolute Gasteiger partial charge is 0.236 e. The zero-order valence-electron chi connectivity index (χ0n) is 16.5. The number of ether oxygens (including phenoxy) is 1. The number of anilines is 1. The highest BCUT2D eigenvalue weighted by atomic mass is 32.2. The van der Waals surface area contributed by atoms with Crippen LogP contribution in [0.25, 0.3) is 22.7 Å². The van der Waals surface area contributed by atoms with E-state index in [1.54, 1.807) is 23.8 Å². The summed E-state index contributed by atoms with van der Waals surface area (Å²) in [7, 11) is 1.41. The number of carbonyl (C=O) groups excluding carboxylic acids is 1. The van der Waals surface area contributed by atoms with Gasteiger partial charge in [-0.25, -0.2) is 14.4 Å². The largest absolute Gasteiger partial charge is 0.494 e. The maximum absolute atomic E-state index is 13.9. The molecule has 0 aliphatic heterocycles. The number of thioether (sulfide) groups is 1. The molecule has 0 bridgehead atoms. The molecule has 0 unspecified atom stereocenters. The fourth-order valence-corrected chi connectivity index (χ4v) is 4.22. The molecule has 0 fully saturated rings. The molecule has 0 radical (unpaired) electrons. The van der Waals surface area contributed by atoms with Crippen molar-refractivity contribution in [2.75, 3.05) is 18.2 Å². The molecule has 0 aliphatic rings. The zero-order chi connectivity index (χ0) is 21.6. The third-order valence-corrected chi connectivity index (χ3v) is 5.98. The molecule has 1 N–H and O–H groups in total. The molecule has 4 aromatic rings. The van der Waals surface area contributed by atoms with Crippen molar-refractivity contribution < 1.29 is 18.3 Å². The first kappa shape index (κ1) is 21.1. The van der Waals surface area contributed by atoms with Crippen LogP contribution in [0, 0.1) is 5.82 Å². The lowest BCUT2D eigenvalue weighted by molar-refractivity contribution is -0.113. The topological polar surface area (TPSA) is 77.2 Å². The van der Waals surface area contributed by atoms with Crippen LogP contribution < -0.4 is 10.1 Å². The fraction of sp³-hybridized carbons (Fsp3) is 0.136. The molecular weight excluding hydrogens is 437 g/mol. The number of thiazole rings is 1. The Morgan fingerprint density at radius 2 is 2.03 bits per heavy atom. The van der Waals surface area contributed by atoms with E-state index in [4.69, 9.17) is 9.15 Å². The van der Waals surface area contributed by atoms with Gasteiger partial charge in [-0.2, -0.15) is 0 Å². The maximum Gasteiger partial charge on any atom is 0.236 e. The Hall–Kier alpha value is -3.17. The van der Waals surface area contributed by atoms with Gasteiger partial charge in [-0.05, 0) is 30.3 Å². The van der Waals surface area contributed by atoms with Crippen LogP contribution in [0.3, 0.4) is 0 Å². The number of halogens is 1. The van der Waals surface area contributed by atoms with E-state index in [1.807, 2.05) is 30.3 Å². The predicted molar refractivity (Wildman–Crippen MR) is 121 cm³/mol. The Balaban J connectivity index is 1.28. The molecule has 1 amide bonds. The minimum atomic E-state index is -0.460. The van der Waals surface area contributed by atoms with E-state index in [9.17, 15) is 9.18 Å². The summed E-state index contributed by atoms with van der Waals surface area (Å²) in [4.78, 5) is 21.0. The normalized spacial score (nSPS) is 10.8. The molecule has 0 aliphatic carbocycles. The van der Waals surface area contributed by atoms with E-state index >= 15 is 0 Å². The minimum absolute atomic E-state index is 0.168. The summed E-state index contributed by atoms with van der Waals surface area (Å²) in [5.74, 6) is 0.910. The van der Waals surface area contributed by atoms with Gasteiger partial charge in [0.05, 0.1) is 24.3 Å². The van der Waals surface area contributed by atoms with Crippen LogP contribution in [-0.2, 0) is 10.5 Å². The van der Waals surface area contributed by atoms with Gasteiger partial charge in [0, 0.05) is 22.3 Å². The number of nitrogens with zero attached hydrogens (tertiary/aromatic N) is 2. The first-order chi connectivity index (χ1) is 15.1. The number of carbonyl (C=O) groups is 1. The van der Waals surface area contributed by atoms with Gasteiger partial charge in [0.25, 0.3) is 0 Å². The Morgan fingerprint density at radius 1 is 1.19 bits per heavy atom. The van der Waals surface area contributed by atoms with Crippen LogP contribution in [0.1, 0.15) is 5.69 Å². The van der Waals surface area contributed by atoms with Gasteiger partial charge >= 0.3 is 0 Å². The number of amides is 1. The first-order valence-electron chi connectivity index (χ1n) is 9.29. The Bertz CT molecular complexity index is 1180. The molecule has 0 saturated heterocycles. The molecule has 4 rings (SSSR count). The van der Waals surface area contributed by atoms with Gasteiger partial charge in [-0.1, -0.05) is 18.2 Å². The van der Waals surface area contributed by atoms with Crippen molar-refractivity contribution in [1.29, 1.82) is 0 Å². The van der Waals surface area contributed by atoms with Crippen molar-refractivity contribution >= 4 is 34.1 Å². The maximum atomic E-state index is 13.9. The molecule has 31 heavy (non-hydrogen) atoms. The molecule has 0 saturated carbocycles. The quantitative estimate of drug-likeness (QED) is 0.379. The number of oxazole rings is 1. The van der Waals surface area contributed by atoms with E-state index in [0.717, 1.165) is 11.3 Å². The lowest BCUT2D eigenvalue weighted by atomic mass is 10.1. The molecule has 2 heterocycles. The van der Waals surface area contributed by atoms with Crippen molar-refractivity contribution in [1.82, 2.24) is 9.97 Å². The number of benzene rings is 2. The molecule has 0 spiro atoms. The SMILES string of the molecule is COc1ccc(-c2csc(NC(=O)CSCc3coc(-c4ccccc4)n3)n2)cc1F. The minimum Gasteiger partial charge on any atom is -0.494 e. The predicted octanol–water partition coefficient (Wildman–Crippen LogP) is 5.48. The van der Waals surface area contributed by atoms with Crippen molar-refractivity contribution in [2.24, 2.45) is 0 Å². The first-order valence-corrected chi connectivity index (χ1v) is 11.3. The summed E-state index contributed by atoms with van der Waals surface area (Å²) in [6.45, 7) is 0. The Kier molecular flexibility index (Phi) is 6.63. The second-order valence-corrected chi connectivity index (χ2v) is 8.28. The van der Waals surface area contributed by atoms with E-state index in [-0.39, 0.29) is 17.4 Å². The van der Waals surface area contributed by atoms with Crippen LogP contribution in [0.15, 0.2) is 64.6 Å². The highest BCUT2D eigenvalue weighted by molar-refractivity contribution is 7.99. The molecular formula is C22H18FN3O3S2. The number of nitrogens with one attached hydrogen (secondary N) is 1. The highest BCUT2D eigenvalue weighted by Crippen LogP contribution is 2.28. The second kappa shape index (κ2) is 9.76.